The van der Waals surface area contributed by atoms with Crippen LogP contribution in [0.2, 0.25) is 0 Å². The van der Waals surface area contributed by atoms with E-state index < -0.39 is 6.10 Å². The second-order valence-electron chi connectivity index (χ2n) is 3.94. The summed E-state index contributed by atoms with van der Waals surface area (Å²) in [7, 11) is 0. The molecule has 1 atom stereocenters. The highest BCUT2D eigenvalue weighted by Gasteiger charge is 2.07. The van der Waals surface area contributed by atoms with Crippen molar-refractivity contribution in [2.45, 2.75) is 25.4 Å². The van der Waals surface area contributed by atoms with Crippen molar-refractivity contribution in [2.24, 2.45) is 5.73 Å². The van der Waals surface area contributed by atoms with Crippen LogP contribution in [0, 0.1) is 0 Å². The summed E-state index contributed by atoms with van der Waals surface area (Å²) < 4.78 is 5.52. The Morgan fingerprint density at radius 3 is 2.82 bits per heavy atom. The lowest BCUT2D eigenvalue weighted by molar-refractivity contribution is 0.169. The standard InChI is InChI=1S/C13H21NO3/c14-7-6-13(16)11-4-3-5-12(10-11)17-9-2-1-8-15/h3-5,10,13,15-16H,1-2,6-9,14H2. The zero-order valence-electron chi connectivity index (χ0n) is 10.0. The van der Waals surface area contributed by atoms with Crippen LogP contribution in [0.3, 0.4) is 0 Å². The molecule has 0 aliphatic heterocycles. The van der Waals surface area contributed by atoms with Crippen LogP contribution in [-0.2, 0) is 0 Å². The molecule has 0 amide bonds. The zero-order chi connectivity index (χ0) is 12.5. The maximum atomic E-state index is 9.79. The molecule has 1 rings (SSSR count). The summed E-state index contributed by atoms with van der Waals surface area (Å²) in [6.45, 7) is 1.23. The van der Waals surface area contributed by atoms with E-state index >= 15 is 0 Å². The quantitative estimate of drug-likeness (QED) is 0.596. The maximum absolute atomic E-state index is 9.79. The van der Waals surface area contributed by atoms with Gasteiger partial charge >= 0.3 is 0 Å². The number of benzene rings is 1. The fourth-order valence-electron chi connectivity index (χ4n) is 1.54. The number of nitrogens with two attached hydrogens (primary N) is 1. The molecule has 0 heterocycles. The number of unbranched alkanes of at least 4 members (excludes halogenated alkanes) is 1. The Morgan fingerprint density at radius 1 is 1.29 bits per heavy atom. The molecule has 4 heteroatoms. The molecular weight excluding hydrogens is 218 g/mol. The summed E-state index contributed by atoms with van der Waals surface area (Å²) in [5.41, 5.74) is 6.23. The minimum absolute atomic E-state index is 0.193. The van der Waals surface area contributed by atoms with Gasteiger partial charge in [0.1, 0.15) is 5.75 Å². The van der Waals surface area contributed by atoms with Gasteiger partial charge in [0.15, 0.2) is 0 Å². The molecule has 0 bridgehead atoms. The molecule has 1 aromatic rings. The maximum Gasteiger partial charge on any atom is 0.119 e. The average Bonchev–Trinajstić information content (AvgIpc) is 2.35. The molecule has 0 aliphatic carbocycles. The Labute approximate surface area is 102 Å². The molecule has 0 fully saturated rings. The second-order valence-corrected chi connectivity index (χ2v) is 3.94. The van der Waals surface area contributed by atoms with Crippen molar-refractivity contribution >= 4 is 0 Å². The smallest absolute Gasteiger partial charge is 0.119 e. The van der Waals surface area contributed by atoms with Gasteiger partial charge in [-0.3, -0.25) is 0 Å². The van der Waals surface area contributed by atoms with E-state index in [0.717, 1.165) is 24.2 Å². The summed E-state index contributed by atoms with van der Waals surface area (Å²) in [4.78, 5) is 0. The van der Waals surface area contributed by atoms with E-state index in [1.165, 1.54) is 0 Å². The third kappa shape index (κ3) is 5.17. The molecular formula is C13H21NO3. The van der Waals surface area contributed by atoms with Crippen molar-refractivity contribution in [1.82, 2.24) is 0 Å². The summed E-state index contributed by atoms with van der Waals surface area (Å²) in [5, 5.41) is 18.4. The van der Waals surface area contributed by atoms with Gasteiger partial charge in [-0.25, -0.2) is 0 Å². The molecule has 0 radical (unpaired) electrons. The monoisotopic (exact) mass is 239 g/mol. The molecule has 0 aromatic heterocycles. The first-order valence-electron chi connectivity index (χ1n) is 5.99. The second kappa shape index (κ2) is 8.06. The number of hydrogen-bond donors (Lipinski definition) is 3. The number of hydrogen-bond acceptors (Lipinski definition) is 4. The lowest BCUT2D eigenvalue weighted by Crippen LogP contribution is -2.07. The first-order valence-corrected chi connectivity index (χ1v) is 5.99. The SMILES string of the molecule is NCCC(O)c1cccc(OCCCCO)c1. The Morgan fingerprint density at radius 2 is 2.12 bits per heavy atom. The molecule has 1 unspecified atom stereocenters. The summed E-state index contributed by atoms with van der Waals surface area (Å²) in [6.07, 6.45) is 1.59. The predicted molar refractivity (Wildman–Crippen MR) is 66.9 cm³/mol. The molecule has 1 aromatic carbocycles. The van der Waals surface area contributed by atoms with E-state index in [0.29, 0.717) is 19.6 Å². The molecule has 0 saturated carbocycles. The molecule has 0 spiro atoms. The number of ether oxygens (including phenoxy) is 1. The zero-order valence-corrected chi connectivity index (χ0v) is 10.0. The van der Waals surface area contributed by atoms with Crippen molar-refractivity contribution in [3.63, 3.8) is 0 Å². The number of aliphatic hydroxyl groups is 2. The fraction of sp³-hybridized carbons (Fsp3) is 0.538. The van der Waals surface area contributed by atoms with Gasteiger partial charge in [0, 0.05) is 6.61 Å². The highest BCUT2D eigenvalue weighted by Crippen LogP contribution is 2.21. The van der Waals surface area contributed by atoms with Crippen molar-refractivity contribution in [1.29, 1.82) is 0 Å². The minimum atomic E-state index is -0.527. The summed E-state index contributed by atoms with van der Waals surface area (Å²) in [6, 6.07) is 7.41. The number of aliphatic hydroxyl groups excluding tert-OH is 2. The van der Waals surface area contributed by atoms with Crippen LogP contribution in [0.25, 0.3) is 0 Å². The van der Waals surface area contributed by atoms with Crippen LogP contribution in [0.15, 0.2) is 24.3 Å². The molecule has 0 saturated heterocycles. The van der Waals surface area contributed by atoms with Crippen LogP contribution in [0.4, 0.5) is 0 Å². The van der Waals surface area contributed by atoms with Crippen LogP contribution < -0.4 is 10.5 Å². The van der Waals surface area contributed by atoms with Gasteiger partial charge in [-0.2, -0.15) is 0 Å². The van der Waals surface area contributed by atoms with Gasteiger partial charge in [0.25, 0.3) is 0 Å². The fourth-order valence-corrected chi connectivity index (χ4v) is 1.54. The topological polar surface area (TPSA) is 75.7 Å². The molecule has 96 valence electrons. The molecule has 4 nitrogen and oxygen atoms in total. The van der Waals surface area contributed by atoms with Crippen molar-refractivity contribution < 1.29 is 14.9 Å². The van der Waals surface area contributed by atoms with Gasteiger partial charge in [0.2, 0.25) is 0 Å². The van der Waals surface area contributed by atoms with E-state index in [1.807, 2.05) is 24.3 Å². The Balaban J connectivity index is 2.47. The first kappa shape index (κ1) is 14.0. The van der Waals surface area contributed by atoms with Crippen LogP contribution in [-0.4, -0.2) is 30.0 Å². The highest BCUT2D eigenvalue weighted by atomic mass is 16.5. The molecule has 17 heavy (non-hydrogen) atoms. The minimum Gasteiger partial charge on any atom is -0.494 e. The summed E-state index contributed by atoms with van der Waals surface area (Å²) >= 11 is 0. The Hall–Kier alpha value is -1.10. The normalized spacial score (nSPS) is 12.4. The highest BCUT2D eigenvalue weighted by molar-refractivity contribution is 5.29. The third-order valence-corrected chi connectivity index (χ3v) is 2.50. The number of rotatable bonds is 8. The van der Waals surface area contributed by atoms with Crippen molar-refractivity contribution in [3.05, 3.63) is 29.8 Å². The van der Waals surface area contributed by atoms with Crippen LogP contribution in [0.1, 0.15) is 30.9 Å². The van der Waals surface area contributed by atoms with Gasteiger partial charge in [-0.05, 0) is 43.5 Å². The van der Waals surface area contributed by atoms with Gasteiger partial charge in [0.05, 0.1) is 12.7 Å². The van der Waals surface area contributed by atoms with E-state index in [2.05, 4.69) is 0 Å². The lowest BCUT2D eigenvalue weighted by atomic mass is 10.1. The van der Waals surface area contributed by atoms with E-state index in [4.69, 9.17) is 15.6 Å². The van der Waals surface area contributed by atoms with Gasteiger partial charge in [-0.15, -0.1) is 0 Å². The Kier molecular flexibility index (Phi) is 6.62. The van der Waals surface area contributed by atoms with Crippen molar-refractivity contribution in [2.75, 3.05) is 19.8 Å². The van der Waals surface area contributed by atoms with E-state index in [9.17, 15) is 5.11 Å². The van der Waals surface area contributed by atoms with Crippen molar-refractivity contribution in [3.8, 4) is 5.75 Å². The average molecular weight is 239 g/mol. The van der Waals surface area contributed by atoms with Crippen LogP contribution >= 0.6 is 0 Å². The molecule has 0 aliphatic rings. The molecule has 4 N–H and O–H groups in total. The van der Waals surface area contributed by atoms with E-state index in [1.54, 1.807) is 0 Å². The Bertz CT molecular complexity index is 317. The van der Waals surface area contributed by atoms with E-state index in [-0.39, 0.29) is 6.61 Å². The largest absolute Gasteiger partial charge is 0.494 e. The summed E-state index contributed by atoms with van der Waals surface area (Å²) in [5.74, 6) is 0.747. The first-order chi connectivity index (χ1) is 8.27. The van der Waals surface area contributed by atoms with Gasteiger partial charge < -0.3 is 20.7 Å². The lowest BCUT2D eigenvalue weighted by Gasteiger charge is -2.12. The predicted octanol–water partition coefficient (Wildman–Crippen LogP) is 1.22. The van der Waals surface area contributed by atoms with Crippen LogP contribution in [0.5, 0.6) is 5.75 Å². The van der Waals surface area contributed by atoms with Gasteiger partial charge in [-0.1, -0.05) is 12.1 Å². The third-order valence-electron chi connectivity index (χ3n) is 2.50.